The van der Waals surface area contributed by atoms with Gasteiger partial charge in [-0.2, -0.15) is 18.6 Å². The topological polar surface area (TPSA) is 110 Å². The summed E-state index contributed by atoms with van der Waals surface area (Å²) in [6.45, 7) is 7.82. The van der Waals surface area contributed by atoms with Gasteiger partial charge in [-0.25, -0.2) is 9.49 Å². The highest BCUT2D eigenvalue weighted by Crippen LogP contribution is 2.25. The molecule has 1 aliphatic carbocycles. The average molecular weight is 697 g/mol. The number of benzene rings is 2. The number of aromatic nitrogens is 2. The maximum absolute atomic E-state index is 14.8. The fourth-order valence-electron chi connectivity index (χ4n) is 6.91. The highest BCUT2D eigenvalue weighted by molar-refractivity contribution is 7.59. The van der Waals surface area contributed by atoms with Gasteiger partial charge in [-0.15, -0.1) is 0 Å². The molecule has 0 spiro atoms. The summed E-state index contributed by atoms with van der Waals surface area (Å²) in [6.07, 6.45) is 10.1. The second-order valence-corrected chi connectivity index (χ2v) is 13.0. The lowest BCUT2D eigenvalue weighted by atomic mass is 9.88. The van der Waals surface area contributed by atoms with E-state index in [1.807, 2.05) is 24.0 Å². The van der Waals surface area contributed by atoms with Crippen LogP contribution in [0.15, 0.2) is 47.3 Å². The number of aromatic amines is 1. The number of nitrogens with zero attached hydrogens (tertiary/aromatic N) is 5. The van der Waals surface area contributed by atoms with Gasteiger partial charge in [0.2, 0.25) is 12.3 Å². The molecule has 2 aromatic carbocycles. The summed E-state index contributed by atoms with van der Waals surface area (Å²) in [4.78, 5) is 56.4. The molecule has 1 aromatic heterocycles. The van der Waals surface area contributed by atoms with Gasteiger partial charge < -0.3 is 14.7 Å². The van der Waals surface area contributed by atoms with Gasteiger partial charge in [0.25, 0.3) is 11.5 Å². The smallest absolute Gasteiger partial charge is 0.272 e. The molecule has 3 fully saturated rings. The number of hydrogen-bond donors (Lipinski definition) is 1. The Labute approximate surface area is 296 Å². The number of amides is 3. The van der Waals surface area contributed by atoms with Crippen molar-refractivity contribution in [3.05, 3.63) is 75.5 Å². The van der Waals surface area contributed by atoms with Crippen molar-refractivity contribution in [1.29, 1.82) is 0 Å². The number of H-pyrrole nitrogens is 1. The summed E-state index contributed by atoms with van der Waals surface area (Å²) < 4.78 is 14.8. The largest absolute Gasteiger partial charge is 0.340 e. The molecule has 2 aliphatic heterocycles. The molecule has 2 saturated heterocycles. The van der Waals surface area contributed by atoms with Gasteiger partial charge in [0.1, 0.15) is 5.82 Å². The Morgan fingerprint density at radius 3 is 2.27 bits per heavy atom. The third-order valence-electron chi connectivity index (χ3n) is 9.89. The summed E-state index contributed by atoms with van der Waals surface area (Å²) in [5, 5.41) is 7.91. The summed E-state index contributed by atoms with van der Waals surface area (Å²) >= 11 is 0. The number of carbonyl (C=O) groups is 3. The van der Waals surface area contributed by atoms with Gasteiger partial charge >= 0.3 is 0 Å². The Hall–Kier alpha value is -3.77. The van der Waals surface area contributed by atoms with Crippen molar-refractivity contribution in [2.24, 2.45) is 5.92 Å². The normalized spacial score (nSPS) is 18.5. The predicted octanol–water partition coefficient (Wildman–Crippen LogP) is 4.83. The van der Waals surface area contributed by atoms with Crippen molar-refractivity contribution < 1.29 is 18.8 Å². The average Bonchev–Trinajstić information content (AvgIpc) is 3.11. The Balaban J connectivity index is 0.000000573. The molecule has 1 unspecified atom stereocenters. The van der Waals surface area contributed by atoms with Crippen LogP contribution in [-0.4, -0.2) is 106 Å². The lowest BCUT2D eigenvalue weighted by molar-refractivity contribution is -0.135. The van der Waals surface area contributed by atoms with E-state index in [1.54, 1.807) is 32.9 Å². The molecule has 0 bridgehead atoms. The third-order valence-corrected chi connectivity index (χ3v) is 9.89. The predicted molar refractivity (Wildman–Crippen MR) is 197 cm³/mol. The lowest BCUT2D eigenvalue weighted by Gasteiger charge is -2.39. The number of nitrogens with one attached hydrogen (secondary N) is 1. The maximum atomic E-state index is 14.8. The van der Waals surface area contributed by atoms with E-state index in [9.17, 15) is 23.6 Å². The summed E-state index contributed by atoms with van der Waals surface area (Å²) in [5.41, 5.74) is 1.02. The zero-order valence-corrected chi connectivity index (χ0v) is 29.1. The van der Waals surface area contributed by atoms with Crippen molar-refractivity contribution in [3.8, 4) is 0 Å². The Morgan fingerprint density at radius 1 is 0.959 bits per heavy atom. The second kappa shape index (κ2) is 18.8. The molecule has 3 amide bonds. The van der Waals surface area contributed by atoms with Gasteiger partial charge in [-0.3, -0.25) is 24.1 Å². The van der Waals surface area contributed by atoms with E-state index >= 15 is 0 Å². The Kier molecular flexibility index (Phi) is 15.3. The molecule has 10 nitrogen and oxygen atoms in total. The Bertz CT molecular complexity index is 1610. The number of hydrogen-bond acceptors (Lipinski definition) is 6. The number of carbonyl (C=O) groups excluding carboxylic acids is 3. The molecule has 0 radical (unpaired) electrons. The van der Waals surface area contributed by atoms with Crippen LogP contribution in [0.3, 0.4) is 0 Å². The van der Waals surface area contributed by atoms with E-state index in [0.29, 0.717) is 74.3 Å². The first-order valence-electron chi connectivity index (χ1n) is 17.0. The van der Waals surface area contributed by atoms with E-state index in [-0.39, 0.29) is 50.5 Å². The van der Waals surface area contributed by atoms with Crippen LogP contribution >= 0.6 is 13.5 Å². The minimum absolute atomic E-state index is 0. The van der Waals surface area contributed by atoms with Gasteiger partial charge in [0.05, 0.1) is 23.2 Å². The van der Waals surface area contributed by atoms with Crippen LogP contribution in [0.2, 0.25) is 0 Å². The van der Waals surface area contributed by atoms with E-state index in [4.69, 9.17) is 0 Å². The van der Waals surface area contributed by atoms with E-state index in [2.05, 4.69) is 17.1 Å². The third kappa shape index (κ3) is 10.1. The lowest BCUT2D eigenvalue weighted by Crippen LogP contribution is -2.56. The second-order valence-electron chi connectivity index (χ2n) is 13.0. The molecule has 268 valence electrons. The standard InChI is InChI=1S/C28H31FN6O4.C8H16.CH4.H2S/c1-19-16-32(8-9-35(19)18-36)17-26(37)33-10-12-34(13-11-33)28(39)23-14-20(6-7-24(23)29)15-25-21-4-2-3-5-22(21)27(38)31-30-25;1-2-8-6-4-3-5-7-8;;/h2-7,14,18-19H,8-13,15-17H2,1H3,(H,31,38);8H,2-7H2,1H3;1H4;1H2. The molecule has 49 heavy (non-hydrogen) atoms. The van der Waals surface area contributed by atoms with Crippen molar-refractivity contribution in [3.63, 3.8) is 0 Å². The highest BCUT2D eigenvalue weighted by Gasteiger charge is 2.29. The first-order chi connectivity index (χ1) is 22.8. The van der Waals surface area contributed by atoms with Crippen molar-refractivity contribution in [1.82, 2.24) is 29.8 Å². The molecule has 1 atom stereocenters. The monoisotopic (exact) mass is 696 g/mol. The number of halogens is 1. The van der Waals surface area contributed by atoms with Gasteiger partial charge in [-0.1, -0.05) is 77.1 Å². The molecular formula is C37H53FN6O4S. The summed E-state index contributed by atoms with van der Waals surface area (Å²) in [6, 6.07) is 11.6. The number of fused-ring (bicyclic) bond motifs is 1. The van der Waals surface area contributed by atoms with Crippen LogP contribution in [0.1, 0.15) is 81.4 Å². The molecule has 3 aliphatic rings. The fraction of sp³-hybridized carbons (Fsp3) is 0.541. The zero-order chi connectivity index (χ0) is 33.3. The van der Waals surface area contributed by atoms with Gasteiger partial charge in [0, 0.05) is 63.7 Å². The van der Waals surface area contributed by atoms with Crippen LogP contribution in [0.5, 0.6) is 0 Å². The minimum Gasteiger partial charge on any atom is -0.340 e. The quantitative estimate of drug-likeness (QED) is 0.355. The first-order valence-corrected chi connectivity index (χ1v) is 17.0. The van der Waals surface area contributed by atoms with Crippen LogP contribution in [0.25, 0.3) is 10.8 Å². The van der Waals surface area contributed by atoms with Crippen LogP contribution in [-0.2, 0) is 16.0 Å². The van der Waals surface area contributed by atoms with E-state index in [0.717, 1.165) is 12.3 Å². The summed E-state index contributed by atoms with van der Waals surface area (Å²) in [5.74, 6) is 0.0519. The molecule has 3 heterocycles. The van der Waals surface area contributed by atoms with Crippen molar-refractivity contribution >= 4 is 42.5 Å². The Morgan fingerprint density at radius 2 is 1.63 bits per heavy atom. The van der Waals surface area contributed by atoms with E-state index < -0.39 is 11.7 Å². The van der Waals surface area contributed by atoms with Crippen LogP contribution in [0, 0.1) is 11.7 Å². The van der Waals surface area contributed by atoms with Crippen LogP contribution in [0.4, 0.5) is 4.39 Å². The minimum atomic E-state index is -0.606. The summed E-state index contributed by atoms with van der Waals surface area (Å²) in [7, 11) is 0. The molecular weight excluding hydrogens is 644 g/mol. The maximum Gasteiger partial charge on any atom is 0.272 e. The van der Waals surface area contributed by atoms with Crippen molar-refractivity contribution in [2.45, 2.75) is 72.3 Å². The molecule has 3 aromatic rings. The molecule has 6 rings (SSSR count). The number of piperazine rings is 2. The highest BCUT2D eigenvalue weighted by atomic mass is 32.1. The molecule has 1 N–H and O–H groups in total. The fourth-order valence-corrected chi connectivity index (χ4v) is 6.91. The van der Waals surface area contributed by atoms with Crippen molar-refractivity contribution in [2.75, 3.05) is 52.4 Å². The van der Waals surface area contributed by atoms with Gasteiger partial charge in [-0.05, 0) is 36.6 Å². The number of rotatable bonds is 7. The zero-order valence-electron chi connectivity index (χ0n) is 28.1. The van der Waals surface area contributed by atoms with Gasteiger partial charge in [0.15, 0.2) is 0 Å². The molecule has 1 saturated carbocycles. The van der Waals surface area contributed by atoms with E-state index in [1.165, 1.54) is 50.7 Å². The van der Waals surface area contributed by atoms with Crippen LogP contribution < -0.4 is 5.56 Å². The SMILES string of the molecule is C.CC1CN(CC(=O)N2CCN(C(=O)c3cc(Cc4n[nH]c(=O)c5ccccc45)ccc3F)CC2)CCN1C=O.CCC1CCCCC1.S. The molecule has 12 heteroatoms. The first kappa shape index (κ1) is 39.7.